The Morgan fingerprint density at radius 1 is 1.24 bits per heavy atom. The highest BCUT2D eigenvalue weighted by Crippen LogP contribution is 2.17. The zero-order chi connectivity index (χ0) is 12.1. The van der Waals surface area contributed by atoms with Crippen molar-refractivity contribution in [3.05, 3.63) is 0 Å². The molecular weight excluding hydrogens is 214 g/mol. The van der Waals surface area contributed by atoms with E-state index in [9.17, 15) is 4.79 Å². The maximum atomic E-state index is 11.0. The molecule has 4 heteroatoms. The van der Waals surface area contributed by atoms with E-state index in [-0.39, 0.29) is 5.91 Å². The smallest absolute Gasteiger partial charge is 0.217 e. The number of hydrogen-bond donors (Lipinski definition) is 2. The first-order chi connectivity index (χ1) is 8.25. The topological polar surface area (TPSA) is 44.4 Å². The van der Waals surface area contributed by atoms with Crippen molar-refractivity contribution < 1.29 is 4.79 Å². The van der Waals surface area contributed by atoms with Crippen LogP contribution in [0, 0.1) is 0 Å². The highest BCUT2D eigenvalue weighted by atomic mass is 16.1. The maximum Gasteiger partial charge on any atom is 0.217 e. The molecule has 0 aromatic heterocycles. The number of nitrogens with one attached hydrogen (secondary N) is 2. The molecule has 2 saturated heterocycles. The van der Waals surface area contributed by atoms with E-state index in [0.717, 1.165) is 38.5 Å². The van der Waals surface area contributed by atoms with Crippen LogP contribution in [0.2, 0.25) is 0 Å². The summed E-state index contributed by atoms with van der Waals surface area (Å²) in [4.78, 5) is 13.6. The number of carbonyl (C=O) groups is 1. The maximum absolute atomic E-state index is 11.0. The Hall–Kier alpha value is -0.610. The molecule has 17 heavy (non-hydrogen) atoms. The van der Waals surface area contributed by atoms with Crippen LogP contribution in [0.4, 0.5) is 0 Å². The second kappa shape index (κ2) is 6.36. The van der Waals surface area contributed by atoms with Gasteiger partial charge >= 0.3 is 0 Å². The highest BCUT2D eigenvalue weighted by molar-refractivity contribution is 5.73. The summed E-state index contributed by atoms with van der Waals surface area (Å²) in [5.41, 5.74) is 0. The summed E-state index contributed by atoms with van der Waals surface area (Å²) in [5.74, 6) is 0.111. The van der Waals surface area contributed by atoms with E-state index in [1.165, 1.54) is 25.8 Å². The summed E-state index contributed by atoms with van der Waals surface area (Å²) in [7, 11) is 0. The lowest BCUT2D eigenvalue weighted by Gasteiger charge is -2.37. The van der Waals surface area contributed by atoms with Crippen LogP contribution in [0.5, 0.6) is 0 Å². The predicted molar refractivity (Wildman–Crippen MR) is 68.9 cm³/mol. The first kappa shape index (κ1) is 12.8. The Morgan fingerprint density at radius 2 is 2.00 bits per heavy atom. The Morgan fingerprint density at radius 3 is 2.71 bits per heavy atom. The van der Waals surface area contributed by atoms with E-state index < -0.39 is 0 Å². The molecule has 1 atom stereocenters. The molecule has 2 aliphatic heterocycles. The van der Waals surface area contributed by atoms with Gasteiger partial charge in [-0.1, -0.05) is 6.42 Å². The van der Waals surface area contributed by atoms with Gasteiger partial charge in [0.15, 0.2) is 0 Å². The van der Waals surface area contributed by atoms with E-state index >= 15 is 0 Å². The number of likely N-dealkylation sites (tertiary alicyclic amines) is 1. The fourth-order valence-corrected chi connectivity index (χ4v) is 3.01. The minimum absolute atomic E-state index is 0.111. The standard InChI is InChI=1S/C13H25N3O/c1-11(17)15-12-5-8-16(9-6-12)13-4-2-3-7-14-10-13/h12-14H,2-10H2,1H3,(H,15,17). The van der Waals surface area contributed by atoms with E-state index in [1.54, 1.807) is 6.92 Å². The molecule has 0 saturated carbocycles. The van der Waals surface area contributed by atoms with Crippen LogP contribution < -0.4 is 10.6 Å². The monoisotopic (exact) mass is 239 g/mol. The molecule has 2 fully saturated rings. The quantitative estimate of drug-likeness (QED) is 0.746. The zero-order valence-electron chi connectivity index (χ0n) is 10.9. The molecule has 2 N–H and O–H groups in total. The molecular formula is C13H25N3O. The van der Waals surface area contributed by atoms with Crippen molar-refractivity contribution in [3.8, 4) is 0 Å². The Bertz CT molecular complexity index is 241. The number of hydrogen-bond acceptors (Lipinski definition) is 3. The van der Waals surface area contributed by atoms with Gasteiger partial charge in [-0.15, -0.1) is 0 Å². The minimum atomic E-state index is 0.111. The highest BCUT2D eigenvalue weighted by Gasteiger charge is 2.25. The summed E-state index contributed by atoms with van der Waals surface area (Å²) in [5, 5.41) is 6.56. The van der Waals surface area contributed by atoms with E-state index in [1.807, 2.05) is 0 Å². The van der Waals surface area contributed by atoms with Crippen molar-refractivity contribution in [2.75, 3.05) is 26.2 Å². The van der Waals surface area contributed by atoms with Crippen molar-refractivity contribution in [2.45, 2.75) is 51.1 Å². The molecule has 0 spiro atoms. The number of piperidine rings is 1. The Balaban J connectivity index is 1.75. The molecule has 4 nitrogen and oxygen atoms in total. The van der Waals surface area contributed by atoms with Gasteiger partial charge in [-0.3, -0.25) is 9.69 Å². The zero-order valence-corrected chi connectivity index (χ0v) is 10.9. The van der Waals surface area contributed by atoms with Gasteiger partial charge < -0.3 is 10.6 Å². The van der Waals surface area contributed by atoms with Crippen molar-refractivity contribution in [1.29, 1.82) is 0 Å². The Labute approximate surface area is 104 Å². The van der Waals surface area contributed by atoms with E-state index in [0.29, 0.717) is 6.04 Å². The largest absolute Gasteiger partial charge is 0.354 e. The molecule has 2 heterocycles. The molecule has 98 valence electrons. The predicted octanol–water partition coefficient (Wildman–Crippen LogP) is 0.729. The third-order valence-electron chi connectivity index (χ3n) is 3.97. The lowest BCUT2D eigenvalue weighted by Crippen LogP contribution is -2.49. The molecule has 0 aromatic carbocycles. The van der Waals surface area contributed by atoms with Crippen LogP contribution in [0.15, 0.2) is 0 Å². The molecule has 0 bridgehead atoms. The number of amides is 1. The van der Waals surface area contributed by atoms with Gasteiger partial charge in [0, 0.05) is 38.6 Å². The van der Waals surface area contributed by atoms with Gasteiger partial charge in [0.25, 0.3) is 0 Å². The third kappa shape index (κ3) is 3.96. The van der Waals surface area contributed by atoms with Gasteiger partial charge in [0.1, 0.15) is 0 Å². The first-order valence-corrected chi connectivity index (χ1v) is 6.97. The molecule has 0 radical (unpaired) electrons. The lowest BCUT2D eigenvalue weighted by atomic mass is 10.0. The van der Waals surface area contributed by atoms with Crippen LogP contribution in [-0.4, -0.2) is 49.1 Å². The first-order valence-electron chi connectivity index (χ1n) is 6.97. The number of nitrogens with zero attached hydrogens (tertiary/aromatic N) is 1. The van der Waals surface area contributed by atoms with E-state index in [4.69, 9.17) is 0 Å². The Kier molecular flexibility index (Phi) is 4.80. The van der Waals surface area contributed by atoms with Crippen LogP contribution in [0.1, 0.15) is 39.0 Å². The summed E-state index contributed by atoms with van der Waals surface area (Å²) in [6.07, 6.45) is 6.21. The minimum Gasteiger partial charge on any atom is -0.354 e. The fourth-order valence-electron chi connectivity index (χ4n) is 3.01. The second-order valence-corrected chi connectivity index (χ2v) is 5.36. The summed E-state index contributed by atoms with van der Waals surface area (Å²) < 4.78 is 0. The van der Waals surface area contributed by atoms with Crippen molar-refractivity contribution in [3.63, 3.8) is 0 Å². The molecule has 2 rings (SSSR count). The van der Waals surface area contributed by atoms with Gasteiger partial charge in [-0.05, 0) is 32.2 Å². The SMILES string of the molecule is CC(=O)NC1CCN(C2CCCCNC2)CC1. The normalized spacial score (nSPS) is 28.6. The van der Waals surface area contributed by atoms with Crippen molar-refractivity contribution in [1.82, 2.24) is 15.5 Å². The lowest BCUT2D eigenvalue weighted by molar-refractivity contribution is -0.120. The molecule has 1 amide bonds. The van der Waals surface area contributed by atoms with Gasteiger partial charge in [-0.25, -0.2) is 0 Å². The van der Waals surface area contributed by atoms with E-state index in [2.05, 4.69) is 15.5 Å². The average molecular weight is 239 g/mol. The van der Waals surface area contributed by atoms with Crippen molar-refractivity contribution >= 4 is 5.91 Å². The average Bonchev–Trinajstić information content (AvgIpc) is 2.58. The van der Waals surface area contributed by atoms with Crippen LogP contribution in [-0.2, 0) is 4.79 Å². The number of rotatable bonds is 2. The second-order valence-electron chi connectivity index (χ2n) is 5.36. The molecule has 0 aromatic rings. The summed E-state index contributed by atoms with van der Waals surface area (Å²) >= 11 is 0. The molecule has 1 unspecified atom stereocenters. The van der Waals surface area contributed by atoms with Crippen LogP contribution >= 0.6 is 0 Å². The fraction of sp³-hybridized carbons (Fsp3) is 0.923. The third-order valence-corrected chi connectivity index (χ3v) is 3.97. The van der Waals surface area contributed by atoms with Crippen LogP contribution in [0.3, 0.4) is 0 Å². The van der Waals surface area contributed by atoms with Crippen LogP contribution in [0.25, 0.3) is 0 Å². The van der Waals surface area contributed by atoms with Gasteiger partial charge in [0.05, 0.1) is 0 Å². The number of carbonyl (C=O) groups excluding carboxylic acids is 1. The van der Waals surface area contributed by atoms with Gasteiger partial charge in [-0.2, -0.15) is 0 Å². The van der Waals surface area contributed by atoms with Crippen molar-refractivity contribution in [2.24, 2.45) is 0 Å². The van der Waals surface area contributed by atoms with Gasteiger partial charge in [0.2, 0.25) is 5.91 Å². The molecule has 0 aliphatic carbocycles. The summed E-state index contributed by atoms with van der Waals surface area (Å²) in [6.45, 7) is 6.21. The summed E-state index contributed by atoms with van der Waals surface area (Å²) in [6, 6.07) is 1.12. The molecule has 2 aliphatic rings.